The van der Waals surface area contributed by atoms with Crippen molar-refractivity contribution in [3.63, 3.8) is 0 Å². The van der Waals surface area contributed by atoms with E-state index in [0.717, 1.165) is 26.0 Å². The van der Waals surface area contributed by atoms with Crippen LogP contribution in [-0.4, -0.2) is 4.98 Å². The normalized spacial score (nSPS) is 10.9. The maximum absolute atomic E-state index is 5.69. The first-order valence-corrected chi connectivity index (χ1v) is 6.32. The first-order valence-electron chi connectivity index (χ1n) is 5.08. The molecule has 0 unspecified atom stereocenters. The zero-order valence-electron chi connectivity index (χ0n) is 8.72. The lowest BCUT2D eigenvalue weighted by atomic mass is 10.2. The van der Waals surface area contributed by atoms with Crippen LogP contribution in [0.3, 0.4) is 0 Å². The third kappa shape index (κ3) is 1.98. The monoisotopic (exact) mass is 305 g/mol. The smallest absolute Gasteiger partial charge is 0.227 e. The SMILES string of the molecule is Sc1cc(-c2nc3ccccc3o2)ccc1Br. The van der Waals surface area contributed by atoms with Gasteiger partial charge in [-0.15, -0.1) is 12.6 Å². The molecule has 4 heteroatoms. The van der Waals surface area contributed by atoms with Gasteiger partial charge >= 0.3 is 0 Å². The van der Waals surface area contributed by atoms with Gasteiger partial charge in [-0.25, -0.2) is 4.98 Å². The molecule has 2 aromatic carbocycles. The van der Waals surface area contributed by atoms with Gasteiger partial charge in [-0.05, 0) is 46.3 Å². The van der Waals surface area contributed by atoms with Gasteiger partial charge in [-0.1, -0.05) is 12.1 Å². The molecule has 0 aliphatic rings. The van der Waals surface area contributed by atoms with E-state index in [1.165, 1.54) is 0 Å². The Morgan fingerprint density at radius 2 is 1.94 bits per heavy atom. The predicted octanol–water partition coefficient (Wildman–Crippen LogP) is 4.55. The van der Waals surface area contributed by atoms with E-state index in [9.17, 15) is 0 Å². The van der Waals surface area contributed by atoms with Crippen molar-refractivity contribution in [1.29, 1.82) is 0 Å². The zero-order valence-corrected chi connectivity index (χ0v) is 11.2. The van der Waals surface area contributed by atoms with E-state index in [1.807, 2.05) is 42.5 Å². The molecule has 0 radical (unpaired) electrons. The topological polar surface area (TPSA) is 26.0 Å². The van der Waals surface area contributed by atoms with Gasteiger partial charge in [-0.2, -0.15) is 0 Å². The average molecular weight is 306 g/mol. The summed E-state index contributed by atoms with van der Waals surface area (Å²) in [6.45, 7) is 0. The lowest BCUT2D eigenvalue weighted by Gasteiger charge is -1.99. The fourth-order valence-corrected chi connectivity index (χ4v) is 2.10. The summed E-state index contributed by atoms with van der Waals surface area (Å²) in [4.78, 5) is 5.30. The Balaban J connectivity index is 2.17. The third-order valence-electron chi connectivity index (χ3n) is 2.49. The summed E-state index contributed by atoms with van der Waals surface area (Å²) in [5.41, 5.74) is 2.59. The number of thiol groups is 1. The molecule has 0 bridgehead atoms. The molecule has 1 heterocycles. The molecule has 0 atom stereocenters. The van der Waals surface area contributed by atoms with Crippen molar-refractivity contribution in [1.82, 2.24) is 4.98 Å². The Hall–Kier alpha value is -1.26. The van der Waals surface area contributed by atoms with Crippen molar-refractivity contribution >= 4 is 39.7 Å². The van der Waals surface area contributed by atoms with Crippen molar-refractivity contribution in [3.05, 3.63) is 46.9 Å². The molecule has 0 N–H and O–H groups in total. The Kier molecular flexibility index (Phi) is 2.68. The fraction of sp³-hybridized carbons (Fsp3) is 0. The van der Waals surface area contributed by atoms with Crippen LogP contribution >= 0.6 is 28.6 Å². The molecular weight excluding hydrogens is 298 g/mol. The van der Waals surface area contributed by atoms with Gasteiger partial charge in [0.2, 0.25) is 5.89 Å². The summed E-state index contributed by atoms with van der Waals surface area (Å²) in [6, 6.07) is 13.5. The van der Waals surface area contributed by atoms with Crippen LogP contribution in [0.2, 0.25) is 0 Å². The molecule has 0 fully saturated rings. The van der Waals surface area contributed by atoms with Crippen LogP contribution in [0.5, 0.6) is 0 Å². The summed E-state index contributed by atoms with van der Waals surface area (Å²) in [5.74, 6) is 0.619. The molecule has 1 aromatic heterocycles. The molecule has 0 spiro atoms. The minimum atomic E-state index is 0.619. The standard InChI is InChI=1S/C13H8BrNOS/c14-9-6-5-8(7-12(9)17)13-15-10-3-1-2-4-11(10)16-13/h1-7,17H. The molecule has 0 aliphatic carbocycles. The molecule has 0 aliphatic heterocycles. The van der Waals surface area contributed by atoms with E-state index < -0.39 is 0 Å². The van der Waals surface area contributed by atoms with Crippen molar-refractivity contribution in [2.24, 2.45) is 0 Å². The predicted molar refractivity (Wildman–Crippen MR) is 74.4 cm³/mol. The quantitative estimate of drug-likeness (QED) is 0.668. The highest BCUT2D eigenvalue weighted by atomic mass is 79.9. The maximum Gasteiger partial charge on any atom is 0.227 e. The molecule has 3 rings (SSSR count). The minimum absolute atomic E-state index is 0.619. The van der Waals surface area contributed by atoms with E-state index in [2.05, 4.69) is 33.5 Å². The van der Waals surface area contributed by atoms with Gasteiger partial charge in [0, 0.05) is 14.9 Å². The number of fused-ring (bicyclic) bond motifs is 1. The number of rotatable bonds is 1. The number of hydrogen-bond acceptors (Lipinski definition) is 3. The van der Waals surface area contributed by atoms with Crippen LogP contribution in [-0.2, 0) is 0 Å². The van der Waals surface area contributed by atoms with E-state index in [4.69, 9.17) is 4.42 Å². The van der Waals surface area contributed by atoms with Crippen LogP contribution in [0.25, 0.3) is 22.6 Å². The molecule has 0 amide bonds. The summed E-state index contributed by atoms with van der Waals surface area (Å²) in [7, 11) is 0. The van der Waals surface area contributed by atoms with Crippen LogP contribution in [0.15, 0.2) is 56.2 Å². The largest absolute Gasteiger partial charge is 0.436 e. The Morgan fingerprint density at radius 1 is 1.12 bits per heavy atom. The van der Waals surface area contributed by atoms with Gasteiger partial charge in [-0.3, -0.25) is 0 Å². The first-order chi connectivity index (χ1) is 8.24. The van der Waals surface area contributed by atoms with Crippen molar-refractivity contribution in [2.75, 3.05) is 0 Å². The number of halogens is 1. The highest BCUT2D eigenvalue weighted by Crippen LogP contribution is 2.29. The van der Waals surface area contributed by atoms with Gasteiger partial charge in [0.15, 0.2) is 5.58 Å². The van der Waals surface area contributed by atoms with Crippen molar-refractivity contribution in [2.45, 2.75) is 4.90 Å². The zero-order chi connectivity index (χ0) is 11.8. The fourth-order valence-electron chi connectivity index (χ4n) is 1.64. The number of hydrogen-bond donors (Lipinski definition) is 1. The summed E-state index contributed by atoms with van der Waals surface area (Å²) >= 11 is 7.77. The minimum Gasteiger partial charge on any atom is -0.436 e. The number of oxazole rings is 1. The Labute approximate surface area is 112 Å². The number of aromatic nitrogens is 1. The lowest BCUT2D eigenvalue weighted by Crippen LogP contribution is -1.78. The van der Waals surface area contributed by atoms with Crippen LogP contribution in [0.1, 0.15) is 0 Å². The first kappa shape index (κ1) is 10.9. The van der Waals surface area contributed by atoms with Crippen LogP contribution < -0.4 is 0 Å². The second kappa shape index (κ2) is 4.20. The lowest BCUT2D eigenvalue weighted by molar-refractivity contribution is 0.619. The second-order valence-corrected chi connectivity index (χ2v) is 4.99. The molecular formula is C13H8BrNOS. The van der Waals surface area contributed by atoms with Gasteiger partial charge < -0.3 is 4.42 Å². The van der Waals surface area contributed by atoms with E-state index in [-0.39, 0.29) is 0 Å². The molecule has 84 valence electrons. The van der Waals surface area contributed by atoms with Crippen LogP contribution in [0.4, 0.5) is 0 Å². The Morgan fingerprint density at radius 3 is 2.71 bits per heavy atom. The van der Waals surface area contributed by atoms with E-state index in [0.29, 0.717) is 5.89 Å². The van der Waals surface area contributed by atoms with Crippen LogP contribution in [0, 0.1) is 0 Å². The highest BCUT2D eigenvalue weighted by molar-refractivity contribution is 9.10. The Bertz CT molecular complexity index is 660. The number of nitrogens with zero attached hydrogens (tertiary/aromatic N) is 1. The number of benzene rings is 2. The summed E-state index contributed by atoms with van der Waals surface area (Å²) < 4.78 is 6.65. The van der Waals surface area contributed by atoms with Gasteiger partial charge in [0.1, 0.15) is 5.52 Å². The third-order valence-corrected chi connectivity index (χ3v) is 3.85. The molecule has 3 aromatic rings. The van der Waals surface area contributed by atoms with E-state index in [1.54, 1.807) is 0 Å². The number of para-hydroxylation sites is 2. The molecule has 0 saturated heterocycles. The second-order valence-electron chi connectivity index (χ2n) is 3.65. The molecule has 17 heavy (non-hydrogen) atoms. The molecule has 0 saturated carbocycles. The molecule has 2 nitrogen and oxygen atoms in total. The van der Waals surface area contributed by atoms with E-state index >= 15 is 0 Å². The van der Waals surface area contributed by atoms with Gasteiger partial charge in [0.05, 0.1) is 0 Å². The van der Waals surface area contributed by atoms with Crippen molar-refractivity contribution < 1.29 is 4.42 Å². The summed E-state index contributed by atoms with van der Waals surface area (Å²) in [5, 5.41) is 0. The van der Waals surface area contributed by atoms with Crippen molar-refractivity contribution in [3.8, 4) is 11.5 Å². The average Bonchev–Trinajstić information content (AvgIpc) is 2.76. The van der Waals surface area contributed by atoms with Gasteiger partial charge in [0.25, 0.3) is 0 Å². The highest BCUT2D eigenvalue weighted by Gasteiger charge is 2.08. The summed E-state index contributed by atoms with van der Waals surface area (Å²) in [6.07, 6.45) is 0. The maximum atomic E-state index is 5.69.